The van der Waals surface area contributed by atoms with Crippen LogP contribution in [0.15, 0.2) is 43.0 Å². The Kier molecular flexibility index (Phi) is 2.16. The smallest absolute Gasteiger partial charge is 0.151 e. The lowest BCUT2D eigenvalue weighted by atomic mass is 10.3. The summed E-state index contributed by atoms with van der Waals surface area (Å²) in [6.45, 7) is 0. The monoisotopic (exact) mass is 266 g/mol. The normalized spacial score (nSPS) is 11.4. The van der Waals surface area contributed by atoms with Crippen LogP contribution >= 0.6 is 11.3 Å². The summed E-state index contributed by atoms with van der Waals surface area (Å²) < 4.78 is 3.27. The highest BCUT2D eigenvalue weighted by Gasteiger charge is 2.12. The first-order valence-electron chi connectivity index (χ1n) is 5.93. The van der Waals surface area contributed by atoms with Crippen molar-refractivity contribution in [3.8, 4) is 10.7 Å². The highest BCUT2D eigenvalue weighted by atomic mass is 32.1. The Balaban J connectivity index is 2.01. The highest BCUT2D eigenvalue weighted by Crippen LogP contribution is 2.33. The van der Waals surface area contributed by atoms with Crippen molar-refractivity contribution in [3.63, 3.8) is 0 Å². The number of hydrogen-bond acceptors (Lipinski definition) is 4. The summed E-state index contributed by atoms with van der Waals surface area (Å²) in [7, 11) is 2.02. The summed E-state index contributed by atoms with van der Waals surface area (Å²) in [4.78, 5) is 14.2. The number of fused-ring (bicyclic) bond motifs is 2. The number of rotatable bonds is 1. The van der Waals surface area contributed by atoms with Crippen molar-refractivity contribution in [1.29, 1.82) is 0 Å². The van der Waals surface area contributed by atoms with E-state index in [1.54, 1.807) is 17.5 Å². The first-order chi connectivity index (χ1) is 9.33. The van der Waals surface area contributed by atoms with Crippen LogP contribution < -0.4 is 0 Å². The molecular formula is C14H10N4S. The van der Waals surface area contributed by atoms with Crippen molar-refractivity contribution < 1.29 is 0 Å². The Morgan fingerprint density at radius 2 is 1.95 bits per heavy atom. The molecular weight excluding hydrogens is 256 g/mol. The average Bonchev–Trinajstić information content (AvgIpc) is 3.00. The summed E-state index contributed by atoms with van der Waals surface area (Å²) >= 11 is 1.71. The number of imidazole rings is 1. The van der Waals surface area contributed by atoms with E-state index in [-0.39, 0.29) is 0 Å². The number of nitrogens with zero attached hydrogens (tertiary/aromatic N) is 4. The first kappa shape index (κ1) is 10.6. The van der Waals surface area contributed by atoms with Crippen LogP contribution in [-0.2, 0) is 7.05 Å². The molecule has 4 nitrogen and oxygen atoms in total. The Morgan fingerprint density at radius 1 is 1.11 bits per heavy atom. The van der Waals surface area contributed by atoms with Gasteiger partial charge in [-0.15, -0.1) is 11.3 Å². The number of aryl methyl sites for hydroxylation is 1. The molecule has 0 saturated carbocycles. The van der Waals surface area contributed by atoms with Crippen LogP contribution in [0.2, 0.25) is 0 Å². The Bertz CT molecular complexity index is 858. The van der Waals surface area contributed by atoms with Gasteiger partial charge in [-0.2, -0.15) is 0 Å². The molecule has 0 aliphatic carbocycles. The van der Waals surface area contributed by atoms with Crippen molar-refractivity contribution in [3.05, 3.63) is 43.0 Å². The summed E-state index contributed by atoms with van der Waals surface area (Å²) in [5.41, 5.74) is 2.02. The molecule has 5 heteroatoms. The molecule has 0 aliphatic rings. The summed E-state index contributed by atoms with van der Waals surface area (Å²) in [5, 5.41) is 1.21. The minimum Gasteiger partial charge on any atom is -0.325 e. The van der Waals surface area contributed by atoms with E-state index in [0.717, 1.165) is 21.7 Å². The molecule has 4 heterocycles. The van der Waals surface area contributed by atoms with Crippen molar-refractivity contribution >= 4 is 32.5 Å². The van der Waals surface area contributed by atoms with Gasteiger partial charge >= 0.3 is 0 Å². The predicted molar refractivity (Wildman–Crippen MR) is 77.1 cm³/mol. The van der Waals surface area contributed by atoms with Gasteiger partial charge in [0, 0.05) is 25.6 Å². The fraction of sp³-hybridized carbons (Fsp3) is 0.0714. The van der Waals surface area contributed by atoms with Gasteiger partial charge in [0.25, 0.3) is 0 Å². The van der Waals surface area contributed by atoms with E-state index in [9.17, 15) is 0 Å². The van der Waals surface area contributed by atoms with Gasteiger partial charge in [-0.25, -0.2) is 4.98 Å². The number of hydrogen-bond donors (Lipinski definition) is 0. The van der Waals surface area contributed by atoms with Crippen LogP contribution in [0.5, 0.6) is 0 Å². The maximum absolute atomic E-state index is 4.69. The van der Waals surface area contributed by atoms with E-state index in [0.29, 0.717) is 0 Å². The highest BCUT2D eigenvalue weighted by molar-refractivity contribution is 7.22. The van der Waals surface area contributed by atoms with E-state index >= 15 is 0 Å². The lowest BCUT2D eigenvalue weighted by Gasteiger charge is -1.97. The average molecular weight is 266 g/mol. The lowest BCUT2D eigenvalue weighted by Crippen LogP contribution is -1.90. The number of thiophene rings is 1. The van der Waals surface area contributed by atoms with Gasteiger partial charge in [0.1, 0.15) is 0 Å². The van der Waals surface area contributed by atoms with E-state index in [1.165, 1.54) is 10.1 Å². The van der Waals surface area contributed by atoms with Gasteiger partial charge in [0.2, 0.25) is 0 Å². The third-order valence-corrected chi connectivity index (χ3v) is 4.31. The third kappa shape index (κ3) is 1.55. The maximum Gasteiger partial charge on any atom is 0.151 e. The zero-order valence-corrected chi connectivity index (χ0v) is 11.1. The van der Waals surface area contributed by atoms with E-state index < -0.39 is 0 Å². The van der Waals surface area contributed by atoms with Gasteiger partial charge in [0.15, 0.2) is 5.82 Å². The second-order valence-corrected chi connectivity index (χ2v) is 5.47. The van der Waals surface area contributed by atoms with E-state index in [1.807, 2.05) is 37.8 Å². The minimum absolute atomic E-state index is 0.975. The summed E-state index contributed by atoms with van der Waals surface area (Å²) in [6, 6.07) is 6.13. The molecule has 92 valence electrons. The van der Waals surface area contributed by atoms with Crippen LogP contribution in [0.25, 0.3) is 31.8 Å². The van der Waals surface area contributed by atoms with E-state index in [4.69, 9.17) is 4.98 Å². The van der Waals surface area contributed by atoms with Gasteiger partial charge < -0.3 is 4.57 Å². The van der Waals surface area contributed by atoms with Crippen molar-refractivity contribution in [2.75, 3.05) is 0 Å². The van der Waals surface area contributed by atoms with Gasteiger partial charge in [-0.1, -0.05) is 0 Å². The third-order valence-electron chi connectivity index (χ3n) is 3.23. The lowest BCUT2D eigenvalue weighted by molar-refractivity contribution is 0.960. The molecule has 0 bridgehead atoms. The van der Waals surface area contributed by atoms with Crippen LogP contribution in [0, 0.1) is 0 Å². The van der Waals surface area contributed by atoms with Crippen molar-refractivity contribution in [2.24, 2.45) is 7.05 Å². The Morgan fingerprint density at radius 3 is 2.79 bits per heavy atom. The summed E-state index contributed by atoms with van der Waals surface area (Å²) in [5.74, 6) is 0.976. The standard InChI is InChI=1S/C14H10N4S/c1-18-11-7-15-5-3-10(11)17-14(18)12-6-9-2-4-16-8-13(9)19-12/h2-8H,1H3. The molecule has 0 amide bonds. The maximum atomic E-state index is 4.69. The largest absolute Gasteiger partial charge is 0.325 e. The van der Waals surface area contributed by atoms with Gasteiger partial charge in [0.05, 0.1) is 26.8 Å². The molecule has 0 saturated heterocycles. The Hall–Kier alpha value is -2.27. The van der Waals surface area contributed by atoms with Crippen LogP contribution in [0.1, 0.15) is 0 Å². The van der Waals surface area contributed by atoms with Gasteiger partial charge in [-0.05, 0) is 23.6 Å². The molecule has 19 heavy (non-hydrogen) atoms. The zero-order chi connectivity index (χ0) is 12.8. The molecule has 0 spiro atoms. The van der Waals surface area contributed by atoms with Gasteiger partial charge in [-0.3, -0.25) is 9.97 Å². The van der Waals surface area contributed by atoms with Crippen LogP contribution in [-0.4, -0.2) is 19.5 Å². The molecule has 0 aromatic carbocycles. The Labute approximate surface area is 113 Å². The fourth-order valence-electron chi connectivity index (χ4n) is 2.25. The minimum atomic E-state index is 0.975. The summed E-state index contributed by atoms with van der Waals surface area (Å²) in [6.07, 6.45) is 7.33. The first-order valence-corrected chi connectivity index (χ1v) is 6.75. The second kappa shape index (κ2) is 3.86. The molecule has 0 unspecified atom stereocenters. The fourth-order valence-corrected chi connectivity index (χ4v) is 3.30. The molecule has 4 rings (SSSR count). The van der Waals surface area contributed by atoms with E-state index in [2.05, 4.69) is 20.6 Å². The van der Waals surface area contributed by atoms with Crippen molar-refractivity contribution in [1.82, 2.24) is 19.5 Å². The molecule has 0 atom stereocenters. The number of pyridine rings is 2. The van der Waals surface area contributed by atoms with Crippen molar-refractivity contribution in [2.45, 2.75) is 0 Å². The second-order valence-electron chi connectivity index (χ2n) is 4.38. The topological polar surface area (TPSA) is 43.6 Å². The predicted octanol–water partition coefficient (Wildman–Crippen LogP) is 3.25. The SMILES string of the molecule is Cn1c(-c2cc3ccncc3s2)nc2ccncc21. The molecule has 4 aromatic heterocycles. The molecule has 0 N–H and O–H groups in total. The van der Waals surface area contributed by atoms with Crippen LogP contribution in [0.3, 0.4) is 0 Å². The zero-order valence-electron chi connectivity index (χ0n) is 10.2. The quantitative estimate of drug-likeness (QED) is 0.531. The molecule has 4 aromatic rings. The molecule has 0 radical (unpaired) electrons. The molecule has 0 fully saturated rings. The molecule has 0 aliphatic heterocycles. The number of aromatic nitrogens is 4. The van der Waals surface area contributed by atoms with Crippen LogP contribution in [0.4, 0.5) is 0 Å².